The third kappa shape index (κ3) is 3.08. The zero-order valence-electron chi connectivity index (χ0n) is 10.1. The summed E-state index contributed by atoms with van der Waals surface area (Å²) < 4.78 is 1.82. The summed E-state index contributed by atoms with van der Waals surface area (Å²) in [5, 5.41) is 3.96. The van der Waals surface area contributed by atoms with Crippen LogP contribution in [-0.4, -0.2) is 11.4 Å². The first-order chi connectivity index (χ1) is 6.98. The quantitative estimate of drug-likeness (QED) is 0.670. The normalized spacial score (nSPS) is 12.3. The summed E-state index contributed by atoms with van der Waals surface area (Å²) in [5.41, 5.74) is 2.76. The molecule has 2 heteroatoms. The molecule has 1 heterocycles. The molecule has 0 N–H and O–H groups in total. The lowest BCUT2D eigenvalue weighted by atomic mass is 9.88. The SMILES string of the molecule is C=Nn1ccc(CC(C)(C)C)c1/C=C\C. The molecule has 0 amide bonds. The largest absolute Gasteiger partial charge is 0.241 e. The molecule has 0 spiro atoms. The van der Waals surface area contributed by atoms with E-state index in [1.807, 2.05) is 23.9 Å². The Morgan fingerprint density at radius 2 is 2.13 bits per heavy atom. The maximum Gasteiger partial charge on any atom is 0.0674 e. The molecule has 0 radical (unpaired) electrons. The summed E-state index contributed by atoms with van der Waals surface area (Å²) in [6, 6.07) is 2.12. The second-order valence-corrected chi connectivity index (χ2v) is 4.95. The maximum absolute atomic E-state index is 3.96. The molecule has 82 valence electrons. The van der Waals surface area contributed by atoms with E-state index in [4.69, 9.17) is 0 Å². The molecule has 0 aromatic carbocycles. The standard InChI is InChI=1S/C13H20N2/c1-6-7-12-11(10-13(2,3)4)8-9-15(12)14-5/h6-9H,5,10H2,1-4H3/b7-6-. The Hall–Kier alpha value is -1.31. The van der Waals surface area contributed by atoms with Crippen LogP contribution in [0.2, 0.25) is 0 Å². The molecule has 0 bridgehead atoms. The van der Waals surface area contributed by atoms with Crippen molar-refractivity contribution in [1.82, 2.24) is 4.68 Å². The average molecular weight is 204 g/mol. The third-order valence-corrected chi connectivity index (χ3v) is 2.19. The van der Waals surface area contributed by atoms with Crippen LogP contribution in [0, 0.1) is 5.41 Å². The van der Waals surface area contributed by atoms with Gasteiger partial charge in [0.05, 0.1) is 5.69 Å². The van der Waals surface area contributed by atoms with Crippen molar-refractivity contribution in [1.29, 1.82) is 0 Å². The molecule has 0 aliphatic carbocycles. The van der Waals surface area contributed by atoms with Crippen molar-refractivity contribution in [3.8, 4) is 0 Å². The fourth-order valence-electron chi connectivity index (χ4n) is 1.66. The highest BCUT2D eigenvalue weighted by Crippen LogP contribution is 2.24. The second-order valence-electron chi connectivity index (χ2n) is 4.95. The zero-order valence-corrected chi connectivity index (χ0v) is 10.1. The minimum Gasteiger partial charge on any atom is -0.241 e. The number of hydrogen-bond donors (Lipinski definition) is 0. The molecule has 0 saturated heterocycles. The molecule has 0 unspecified atom stereocenters. The van der Waals surface area contributed by atoms with Crippen LogP contribution in [-0.2, 0) is 6.42 Å². The molecule has 0 aliphatic rings. The van der Waals surface area contributed by atoms with Crippen LogP contribution >= 0.6 is 0 Å². The summed E-state index contributed by atoms with van der Waals surface area (Å²) in [4.78, 5) is 0. The smallest absolute Gasteiger partial charge is 0.0674 e. The van der Waals surface area contributed by atoms with Gasteiger partial charge >= 0.3 is 0 Å². The van der Waals surface area contributed by atoms with E-state index >= 15 is 0 Å². The Bertz CT molecular complexity index is 364. The molecule has 1 rings (SSSR count). The van der Waals surface area contributed by atoms with Crippen molar-refractivity contribution in [2.75, 3.05) is 0 Å². The van der Waals surface area contributed by atoms with Crippen LogP contribution in [0.25, 0.3) is 6.08 Å². The summed E-state index contributed by atoms with van der Waals surface area (Å²) in [6.07, 6.45) is 7.12. The highest BCUT2D eigenvalue weighted by molar-refractivity contribution is 5.51. The van der Waals surface area contributed by atoms with Gasteiger partial charge in [0.1, 0.15) is 0 Å². The summed E-state index contributed by atoms with van der Waals surface area (Å²) in [7, 11) is 0. The van der Waals surface area contributed by atoms with E-state index in [1.54, 1.807) is 0 Å². The lowest BCUT2D eigenvalue weighted by Gasteiger charge is -2.17. The topological polar surface area (TPSA) is 17.3 Å². The molecule has 0 atom stereocenters. The number of rotatable bonds is 3. The fourth-order valence-corrected chi connectivity index (χ4v) is 1.66. The van der Waals surface area contributed by atoms with Gasteiger partial charge in [0.25, 0.3) is 0 Å². The van der Waals surface area contributed by atoms with Crippen molar-refractivity contribution < 1.29 is 0 Å². The van der Waals surface area contributed by atoms with Crippen molar-refractivity contribution in [2.45, 2.75) is 34.1 Å². The van der Waals surface area contributed by atoms with Gasteiger partial charge in [-0.2, -0.15) is 5.10 Å². The number of allylic oxidation sites excluding steroid dienone is 1. The molecule has 1 aromatic heterocycles. The van der Waals surface area contributed by atoms with Gasteiger partial charge in [0.2, 0.25) is 0 Å². The molecular formula is C13H20N2. The lowest BCUT2D eigenvalue weighted by Crippen LogP contribution is -2.09. The van der Waals surface area contributed by atoms with Crippen molar-refractivity contribution >= 4 is 12.8 Å². The van der Waals surface area contributed by atoms with Crippen LogP contribution in [0.3, 0.4) is 0 Å². The molecule has 2 nitrogen and oxygen atoms in total. The first kappa shape index (κ1) is 11.8. The van der Waals surface area contributed by atoms with E-state index in [-0.39, 0.29) is 0 Å². The lowest BCUT2D eigenvalue weighted by molar-refractivity contribution is 0.411. The van der Waals surface area contributed by atoms with E-state index in [0.29, 0.717) is 5.41 Å². The number of aromatic nitrogens is 1. The van der Waals surface area contributed by atoms with E-state index < -0.39 is 0 Å². The fraction of sp³-hybridized carbons (Fsp3) is 0.462. The maximum atomic E-state index is 3.96. The van der Waals surface area contributed by atoms with Crippen molar-refractivity contribution in [3.63, 3.8) is 0 Å². The summed E-state index contributed by atoms with van der Waals surface area (Å²) in [5.74, 6) is 0. The van der Waals surface area contributed by atoms with Crippen LogP contribution in [0.1, 0.15) is 39.0 Å². The highest BCUT2D eigenvalue weighted by Gasteiger charge is 2.15. The summed E-state index contributed by atoms with van der Waals surface area (Å²) in [6.45, 7) is 12.3. The Kier molecular flexibility index (Phi) is 3.51. The Labute approximate surface area is 92.3 Å². The van der Waals surface area contributed by atoms with Gasteiger partial charge in [-0.1, -0.05) is 26.8 Å². The molecule has 0 aliphatic heterocycles. The summed E-state index contributed by atoms with van der Waals surface area (Å²) >= 11 is 0. The molecule has 0 saturated carbocycles. The van der Waals surface area contributed by atoms with Gasteiger partial charge in [-0.05, 0) is 36.5 Å². The Morgan fingerprint density at radius 3 is 2.60 bits per heavy atom. The van der Waals surface area contributed by atoms with Crippen LogP contribution in [0.15, 0.2) is 23.4 Å². The van der Waals surface area contributed by atoms with Gasteiger partial charge in [-0.3, -0.25) is 0 Å². The van der Waals surface area contributed by atoms with E-state index in [0.717, 1.165) is 12.1 Å². The van der Waals surface area contributed by atoms with Crippen molar-refractivity contribution in [2.24, 2.45) is 10.5 Å². The Balaban J connectivity index is 3.07. The zero-order chi connectivity index (χ0) is 11.5. The Morgan fingerprint density at radius 1 is 1.47 bits per heavy atom. The molecule has 0 fully saturated rings. The minimum absolute atomic E-state index is 0.295. The first-order valence-corrected chi connectivity index (χ1v) is 5.28. The number of hydrogen-bond acceptors (Lipinski definition) is 1. The van der Waals surface area contributed by atoms with Crippen LogP contribution in [0.5, 0.6) is 0 Å². The predicted octanol–water partition coefficient (Wildman–Crippen LogP) is 3.57. The van der Waals surface area contributed by atoms with Gasteiger partial charge in [-0.25, -0.2) is 4.68 Å². The highest BCUT2D eigenvalue weighted by atomic mass is 15.3. The molecule has 1 aromatic rings. The van der Waals surface area contributed by atoms with E-state index in [2.05, 4.69) is 44.7 Å². The number of nitrogens with zero attached hydrogens (tertiary/aromatic N) is 2. The van der Waals surface area contributed by atoms with Crippen LogP contribution < -0.4 is 0 Å². The molecular weight excluding hydrogens is 184 g/mol. The monoisotopic (exact) mass is 204 g/mol. The molecule has 15 heavy (non-hydrogen) atoms. The van der Waals surface area contributed by atoms with Crippen LogP contribution in [0.4, 0.5) is 0 Å². The van der Waals surface area contributed by atoms with Gasteiger partial charge in [-0.15, -0.1) is 0 Å². The average Bonchev–Trinajstić information content (AvgIpc) is 2.47. The van der Waals surface area contributed by atoms with Gasteiger partial charge in [0.15, 0.2) is 0 Å². The van der Waals surface area contributed by atoms with Gasteiger partial charge in [0, 0.05) is 12.9 Å². The third-order valence-electron chi connectivity index (χ3n) is 2.19. The predicted molar refractivity (Wildman–Crippen MR) is 67.2 cm³/mol. The van der Waals surface area contributed by atoms with E-state index in [1.165, 1.54) is 5.56 Å². The van der Waals surface area contributed by atoms with Gasteiger partial charge < -0.3 is 0 Å². The minimum atomic E-state index is 0.295. The first-order valence-electron chi connectivity index (χ1n) is 5.28. The second kappa shape index (κ2) is 4.47. The van der Waals surface area contributed by atoms with Crippen molar-refractivity contribution in [3.05, 3.63) is 29.6 Å². The van der Waals surface area contributed by atoms with E-state index in [9.17, 15) is 0 Å².